The molecule has 5 nitrogen and oxygen atoms in total. The molecule has 4 aliphatic heterocycles. The molecule has 0 saturated carbocycles. The minimum atomic E-state index is 0.155. The van der Waals surface area contributed by atoms with E-state index in [2.05, 4.69) is 51.9 Å². The number of aromatic nitrogens is 1. The van der Waals surface area contributed by atoms with Crippen LogP contribution in [0.25, 0.3) is 10.8 Å². The van der Waals surface area contributed by atoms with Gasteiger partial charge in [-0.25, -0.2) is 0 Å². The highest BCUT2D eigenvalue weighted by atomic mass is 16.1. The minimum absolute atomic E-state index is 0.155. The van der Waals surface area contributed by atoms with Crippen LogP contribution in [0.15, 0.2) is 59.5 Å². The number of nitrogens with zero attached hydrogens (tertiary/aromatic N) is 3. The highest BCUT2D eigenvalue weighted by Crippen LogP contribution is 2.40. The molecule has 142 valence electrons. The van der Waals surface area contributed by atoms with Crippen LogP contribution in [0.5, 0.6) is 0 Å². The number of rotatable bonds is 3. The third-order valence-electron chi connectivity index (χ3n) is 6.75. The summed E-state index contributed by atoms with van der Waals surface area (Å²) in [5.74, 6) is 0.623. The van der Waals surface area contributed by atoms with Crippen molar-refractivity contribution in [2.24, 2.45) is 5.92 Å². The van der Waals surface area contributed by atoms with Crippen LogP contribution in [0.4, 0.5) is 11.4 Å². The predicted octanol–water partition coefficient (Wildman–Crippen LogP) is 3.62. The molecule has 1 N–H and O–H groups in total. The van der Waals surface area contributed by atoms with Crippen molar-refractivity contribution in [3.63, 3.8) is 0 Å². The molecule has 1 aromatic heterocycles. The molecule has 0 radical (unpaired) electrons. The number of hydrogen-bond acceptors (Lipinski definition) is 4. The van der Waals surface area contributed by atoms with Gasteiger partial charge in [0, 0.05) is 18.1 Å². The Hall–Kier alpha value is -2.79. The van der Waals surface area contributed by atoms with E-state index >= 15 is 0 Å². The quantitative estimate of drug-likeness (QED) is 0.762. The average molecular weight is 372 g/mol. The number of hydrazine groups is 1. The van der Waals surface area contributed by atoms with E-state index in [0.29, 0.717) is 12.0 Å². The number of benzene rings is 2. The molecule has 3 aromatic rings. The van der Waals surface area contributed by atoms with E-state index in [9.17, 15) is 4.79 Å². The summed E-state index contributed by atoms with van der Waals surface area (Å²) in [4.78, 5) is 15.9. The van der Waals surface area contributed by atoms with Crippen LogP contribution < -0.4 is 16.0 Å². The summed E-state index contributed by atoms with van der Waals surface area (Å²) in [5.41, 5.74) is 7.11. The maximum atomic E-state index is 13.4. The van der Waals surface area contributed by atoms with Gasteiger partial charge in [-0.05, 0) is 49.5 Å². The summed E-state index contributed by atoms with van der Waals surface area (Å²) < 4.78 is 2.02. The normalized spacial score (nSPS) is 25.3. The lowest BCUT2D eigenvalue weighted by Crippen LogP contribution is -2.49. The molecule has 3 saturated heterocycles. The third-order valence-corrected chi connectivity index (χ3v) is 6.75. The van der Waals surface area contributed by atoms with Crippen LogP contribution in [0.1, 0.15) is 24.4 Å². The molecule has 0 amide bonds. The van der Waals surface area contributed by atoms with Crippen molar-refractivity contribution >= 4 is 22.1 Å². The summed E-state index contributed by atoms with van der Waals surface area (Å²) in [6, 6.07) is 16.8. The van der Waals surface area contributed by atoms with E-state index < -0.39 is 0 Å². The van der Waals surface area contributed by atoms with E-state index in [-0.39, 0.29) is 5.56 Å². The Morgan fingerprint density at radius 2 is 1.82 bits per heavy atom. The number of anilines is 2. The second-order valence-corrected chi connectivity index (χ2v) is 8.34. The van der Waals surface area contributed by atoms with Gasteiger partial charge in [0.1, 0.15) is 0 Å². The van der Waals surface area contributed by atoms with Gasteiger partial charge in [0.05, 0.1) is 29.3 Å². The molecule has 7 rings (SSSR count). The van der Waals surface area contributed by atoms with Crippen molar-refractivity contribution in [2.75, 3.05) is 30.1 Å². The summed E-state index contributed by atoms with van der Waals surface area (Å²) in [6.07, 6.45) is 4.49. The number of hydrogen-bond donors (Lipinski definition) is 1. The minimum Gasteiger partial charge on any atom is -0.308 e. The summed E-state index contributed by atoms with van der Waals surface area (Å²) in [7, 11) is 0. The molecular formula is C23H24N4O. The second-order valence-electron chi connectivity index (χ2n) is 8.34. The van der Waals surface area contributed by atoms with Crippen LogP contribution in [-0.2, 0) is 6.54 Å². The van der Waals surface area contributed by atoms with Crippen molar-refractivity contribution in [3.8, 4) is 0 Å². The maximum Gasteiger partial charge on any atom is 0.258 e. The fourth-order valence-electron chi connectivity index (χ4n) is 5.30. The Balaban J connectivity index is 1.43. The van der Waals surface area contributed by atoms with Crippen LogP contribution >= 0.6 is 0 Å². The van der Waals surface area contributed by atoms with E-state index in [0.717, 1.165) is 35.2 Å². The molecule has 3 fully saturated rings. The predicted molar refractivity (Wildman–Crippen MR) is 113 cm³/mol. The summed E-state index contributed by atoms with van der Waals surface area (Å²) >= 11 is 0. The second kappa shape index (κ2) is 6.11. The Morgan fingerprint density at radius 1 is 1.00 bits per heavy atom. The molecule has 5 heterocycles. The lowest BCUT2D eigenvalue weighted by Gasteiger charge is -2.45. The Kier molecular flexibility index (Phi) is 3.53. The first-order chi connectivity index (χ1) is 13.8. The number of piperidine rings is 3. The van der Waals surface area contributed by atoms with Crippen molar-refractivity contribution in [3.05, 3.63) is 70.6 Å². The first kappa shape index (κ1) is 16.2. The lowest BCUT2D eigenvalue weighted by atomic mass is 9.83. The topological polar surface area (TPSA) is 40.5 Å². The van der Waals surface area contributed by atoms with Gasteiger partial charge in [-0.15, -0.1) is 0 Å². The third kappa shape index (κ3) is 2.39. The summed E-state index contributed by atoms with van der Waals surface area (Å²) in [6.45, 7) is 4.14. The Labute approximate surface area is 164 Å². The van der Waals surface area contributed by atoms with Gasteiger partial charge in [-0.1, -0.05) is 36.4 Å². The number of fused-ring (bicyclic) bond motifs is 3. The van der Waals surface area contributed by atoms with Gasteiger partial charge >= 0.3 is 0 Å². The van der Waals surface area contributed by atoms with Crippen molar-refractivity contribution in [1.82, 2.24) is 9.47 Å². The molecular weight excluding hydrogens is 348 g/mol. The highest BCUT2D eigenvalue weighted by Gasteiger charge is 2.36. The molecule has 1 unspecified atom stereocenters. The first-order valence-electron chi connectivity index (χ1n) is 10.3. The van der Waals surface area contributed by atoms with Gasteiger partial charge < -0.3 is 9.47 Å². The van der Waals surface area contributed by atoms with Crippen LogP contribution in [0, 0.1) is 5.92 Å². The fourth-order valence-corrected chi connectivity index (χ4v) is 5.30. The molecule has 1 atom stereocenters. The number of nitrogens with one attached hydrogen (secondary N) is 1. The van der Waals surface area contributed by atoms with Gasteiger partial charge in [-0.2, -0.15) is 0 Å². The molecule has 5 heteroatoms. The molecule has 2 bridgehead atoms. The van der Waals surface area contributed by atoms with Crippen molar-refractivity contribution < 1.29 is 0 Å². The smallest absolute Gasteiger partial charge is 0.258 e. The van der Waals surface area contributed by atoms with E-state index in [4.69, 9.17) is 0 Å². The molecule has 0 spiro atoms. The number of pyridine rings is 1. The van der Waals surface area contributed by atoms with Crippen molar-refractivity contribution in [2.45, 2.75) is 25.4 Å². The summed E-state index contributed by atoms with van der Waals surface area (Å²) in [5, 5.41) is 4.04. The molecule has 2 aromatic carbocycles. The average Bonchev–Trinajstić information content (AvgIpc) is 3.10. The van der Waals surface area contributed by atoms with Crippen LogP contribution in [0.2, 0.25) is 0 Å². The Bertz CT molecular complexity index is 1100. The zero-order valence-corrected chi connectivity index (χ0v) is 15.8. The van der Waals surface area contributed by atoms with Gasteiger partial charge in [0.25, 0.3) is 5.56 Å². The molecule has 0 aliphatic carbocycles. The van der Waals surface area contributed by atoms with Gasteiger partial charge in [0.15, 0.2) is 0 Å². The highest BCUT2D eigenvalue weighted by molar-refractivity contribution is 6.06. The zero-order chi connectivity index (χ0) is 18.7. The zero-order valence-electron chi connectivity index (χ0n) is 15.8. The van der Waals surface area contributed by atoms with Gasteiger partial charge in [0.2, 0.25) is 0 Å². The maximum absolute atomic E-state index is 13.4. The molecule has 28 heavy (non-hydrogen) atoms. The Morgan fingerprint density at radius 3 is 2.57 bits per heavy atom. The van der Waals surface area contributed by atoms with Crippen LogP contribution in [0.3, 0.4) is 0 Å². The van der Waals surface area contributed by atoms with Crippen LogP contribution in [-0.4, -0.2) is 29.1 Å². The standard InChI is InChI=1S/C23H24N4O/c28-23-18-7-4-8-20-22(18)19(24-27(20)13-16-5-2-1-3-6-16)14-26(23)21-15-25-11-9-17(21)10-12-25/h1-8,14,17,21,24H,9-13,15H2. The monoisotopic (exact) mass is 372 g/mol. The fraction of sp³-hybridized carbons (Fsp3) is 0.348. The van der Waals surface area contributed by atoms with Gasteiger partial charge in [-0.3, -0.25) is 15.2 Å². The van der Waals surface area contributed by atoms with E-state index in [1.807, 2.05) is 22.8 Å². The first-order valence-corrected chi connectivity index (χ1v) is 10.3. The van der Waals surface area contributed by atoms with Crippen molar-refractivity contribution in [1.29, 1.82) is 0 Å². The van der Waals surface area contributed by atoms with E-state index in [1.165, 1.54) is 31.5 Å². The lowest BCUT2D eigenvalue weighted by molar-refractivity contribution is 0.0557. The molecule has 4 aliphatic rings. The SMILES string of the molecule is O=c1c2cccc3c2c(cn1C1CN2CCC1CC2)NN3Cc1ccccc1. The largest absolute Gasteiger partial charge is 0.308 e. The van der Waals surface area contributed by atoms with E-state index in [1.54, 1.807) is 0 Å².